The minimum Gasteiger partial charge on any atom is -0.384 e. The lowest BCUT2D eigenvalue weighted by Crippen LogP contribution is -2.07. The second-order valence-electron chi connectivity index (χ2n) is 10.2. The van der Waals surface area contributed by atoms with E-state index in [0.29, 0.717) is 23.3 Å². The molecule has 0 aliphatic heterocycles. The van der Waals surface area contributed by atoms with Gasteiger partial charge in [0.2, 0.25) is 0 Å². The number of nitrogens with zero attached hydrogens (tertiary/aromatic N) is 11. The maximum absolute atomic E-state index is 5.60. The van der Waals surface area contributed by atoms with E-state index in [2.05, 4.69) is 41.0 Å². The molecule has 4 aromatic heterocycles. The van der Waals surface area contributed by atoms with Crippen LogP contribution in [0.5, 0.6) is 0 Å². The third kappa shape index (κ3) is 8.25. The van der Waals surface area contributed by atoms with Gasteiger partial charge in [0.25, 0.3) is 0 Å². The Kier molecular flexibility index (Phi) is 11.8. The molecular weight excluding hydrogens is 564 g/mol. The summed E-state index contributed by atoms with van der Waals surface area (Å²) in [4.78, 5) is 13.7. The maximum Gasteiger partial charge on any atom is 0.161 e. The average molecular weight is 605 g/mol. The fraction of sp³-hybridized carbons (Fsp3) is 0.242. The van der Waals surface area contributed by atoms with E-state index in [0.717, 1.165) is 28.5 Å². The molecular formula is C33H40N12. The maximum atomic E-state index is 5.60. The predicted molar refractivity (Wildman–Crippen MR) is 178 cm³/mol. The minimum absolute atomic E-state index is 0. The van der Waals surface area contributed by atoms with Gasteiger partial charge in [0.1, 0.15) is 5.82 Å². The number of nitrogens with two attached hydrogens (primary N) is 1. The fourth-order valence-electron chi connectivity index (χ4n) is 4.19. The normalized spacial score (nSPS) is 10.4. The summed E-state index contributed by atoms with van der Waals surface area (Å²) in [6.07, 6.45) is 0. The van der Waals surface area contributed by atoms with Crippen molar-refractivity contribution in [1.29, 1.82) is 0 Å². The van der Waals surface area contributed by atoms with Crippen molar-refractivity contribution in [3.63, 3.8) is 0 Å². The number of aliphatic imine (C=N–C) groups is 1. The zero-order chi connectivity index (χ0) is 30.2. The monoisotopic (exact) mass is 604 g/mol. The molecule has 12 heteroatoms. The summed E-state index contributed by atoms with van der Waals surface area (Å²) in [5.74, 6) is 4.31. The molecule has 232 valence electrons. The Hall–Kier alpha value is -5.65. The Labute approximate surface area is 264 Å². The van der Waals surface area contributed by atoms with E-state index in [4.69, 9.17) is 10.7 Å². The van der Waals surface area contributed by atoms with Gasteiger partial charge in [0.15, 0.2) is 29.1 Å². The van der Waals surface area contributed by atoms with Crippen molar-refractivity contribution in [2.75, 3.05) is 5.73 Å². The largest absolute Gasteiger partial charge is 0.384 e. The van der Waals surface area contributed by atoms with E-state index < -0.39 is 0 Å². The Morgan fingerprint density at radius 3 is 1.53 bits per heavy atom. The highest BCUT2D eigenvalue weighted by molar-refractivity contribution is 6.13. The first-order valence-electron chi connectivity index (χ1n) is 13.9. The van der Waals surface area contributed by atoms with Gasteiger partial charge in [-0.25, -0.2) is 15.0 Å². The number of benzene rings is 2. The van der Waals surface area contributed by atoms with Crippen LogP contribution >= 0.6 is 0 Å². The van der Waals surface area contributed by atoms with Gasteiger partial charge >= 0.3 is 0 Å². The first-order valence-corrected chi connectivity index (χ1v) is 13.9. The number of hydrogen-bond acceptors (Lipinski definition) is 10. The van der Waals surface area contributed by atoms with Crippen LogP contribution in [0.2, 0.25) is 0 Å². The zero-order valence-electron chi connectivity index (χ0n) is 24.4. The van der Waals surface area contributed by atoms with Crippen molar-refractivity contribution >= 4 is 17.3 Å². The van der Waals surface area contributed by atoms with Gasteiger partial charge in [-0.15, -0.1) is 10.2 Å². The Bertz CT molecular complexity index is 1750. The fourth-order valence-corrected chi connectivity index (χ4v) is 4.19. The molecule has 0 saturated carbocycles. The van der Waals surface area contributed by atoms with Gasteiger partial charge in [-0.3, -0.25) is 0 Å². The van der Waals surface area contributed by atoms with Gasteiger partial charge < -0.3 is 5.73 Å². The van der Waals surface area contributed by atoms with E-state index >= 15 is 0 Å². The summed E-state index contributed by atoms with van der Waals surface area (Å²) < 4.78 is 3.26. The lowest BCUT2D eigenvalue weighted by Gasteiger charge is -2.09. The third-order valence-electron chi connectivity index (χ3n) is 6.25. The van der Waals surface area contributed by atoms with Crippen LogP contribution in [0.4, 0.5) is 11.6 Å². The molecule has 0 aliphatic rings. The summed E-state index contributed by atoms with van der Waals surface area (Å²) in [5.41, 5.74) is 8.53. The highest BCUT2D eigenvalue weighted by atomic mass is 15.6. The smallest absolute Gasteiger partial charge is 0.161 e. The molecule has 0 amide bonds. The Balaban J connectivity index is 0.000000277. The van der Waals surface area contributed by atoms with Gasteiger partial charge in [-0.05, 0) is 45.1 Å². The molecule has 0 radical (unpaired) electrons. The molecule has 6 rings (SSSR count). The second kappa shape index (κ2) is 15.7. The Morgan fingerprint density at radius 1 is 0.600 bits per heavy atom. The number of tetrazole rings is 2. The van der Waals surface area contributed by atoms with Crippen molar-refractivity contribution in [2.24, 2.45) is 4.99 Å². The lowest BCUT2D eigenvalue weighted by atomic mass is 10.0. The zero-order valence-corrected chi connectivity index (χ0v) is 24.4. The van der Waals surface area contributed by atoms with E-state index in [1.165, 1.54) is 0 Å². The number of pyridine rings is 2. The molecule has 6 aromatic rings. The molecule has 0 fully saturated rings. The van der Waals surface area contributed by atoms with Crippen molar-refractivity contribution in [1.82, 2.24) is 50.4 Å². The second-order valence-corrected chi connectivity index (χ2v) is 10.2. The van der Waals surface area contributed by atoms with Gasteiger partial charge in [0, 0.05) is 23.0 Å². The van der Waals surface area contributed by atoms with Crippen LogP contribution < -0.4 is 5.73 Å². The van der Waals surface area contributed by atoms with Crippen LogP contribution in [0.15, 0.2) is 102 Å². The topological polar surface area (TPSA) is 151 Å². The number of nitrogen functional groups attached to an aromatic ring is 1. The van der Waals surface area contributed by atoms with Crippen LogP contribution in [0, 0.1) is 0 Å². The highest BCUT2D eigenvalue weighted by Crippen LogP contribution is 2.20. The van der Waals surface area contributed by atoms with Crippen LogP contribution in [0.25, 0.3) is 11.6 Å². The molecule has 0 aliphatic carbocycles. The van der Waals surface area contributed by atoms with Gasteiger partial charge in [-0.1, -0.05) is 115 Å². The average Bonchev–Trinajstić information content (AvgIpc) is 3.73. The van der Waals surface area contributed by atoms with Crippen LogP contribution in [0.3, 0.4) is 0 Å². The molecule has 12 nitrogen and oxygen atoms in total. The number of rotatable bonds is 7. The molecule has 0 unspecified atom stereocenters. The van der Waals surface area contributed by atoms with E-state index in [1.54, 1.807) is 15.4 Å². The summed E-state index contributed by atoms with van der Waals surface area (Å²) in [5, 5.41) is 23.4. The van der Waals surface area contributed by atoms with Gasteiger partial charge in [0.05, 0.1) is 5.71 Å². The molecule has 0 bridgehead atoms. The Morgan fingerprint density at radius 2 is 1.07 bits per heavy atom. The number of anilines is 1. The quantitative estimate of drug-likeness (QED) is 0.204. The predicted octanol–water partition coefficient (Wildman–Crippen LogP) is 6.38. The first kappa shape index (κ1) is 33.8. The molecule has 4 heterocycles. The third-order valence-corrected chi connectivity index (χ3v) is 6.25. The molecule has 0 atom stereocenters. The van der Waals surface area contributed by atoms with Crippen molar-refractivity contribution in [3.05, 3.63) is 120 Å². The summed E-state index contributed by atoms with van der Waals surface area (Å²) in [6, 6.07) is 31.3. The highest BCUT2D eigenvalue weighted by Gasteiger charge is 2.14. The summed E-state index contributed by atoms with van der Waals surface area (Å²) >= 11 is 0. The molecule has 2 N–H and O–H groups in total. The van der Waals surface area contributed by atoms with Crippen LogP contribution in [0.1, 0.15) is 77.2 Å². The number of aromatic nitrogens is 10. The van der Waals surface area contributed by atoms with Crippen molar-refractivity contribution in [2.45, 2.75) is 54.4 Å². The van der Waals surface area contributed by atoms with Gasteiger partial charge in [-0.2, -0.15) is 9.36 Å². The summed E-state index contributed by atoms with van der Waals surface area (Å²) in [6.45, 7) is 8.14. The molecule has 2 aromatic carbocycles. The number of hydrogen-bond donors (Lipinski definition) is 1. The standard InChI is InChI=1S/C22H20N6.C9H12N6.2CH4/c1-16(2)22-25-26-27-28(22)20-15-9-14-19(23-20)24-21(17-10-5-3-6-11-17)18-12-7-4-8-13-18;1-6(2)9-12-13-14-15(9)8-5-3-4-7(10)11-8;;/h3-16H,1-2H3;3-6H,1-2H3,(H2,10,11);2*1H4. The first-order chi connectivity index (χ1) is 20.9. The molecule has 45 heavy (non-hydrogen) atoms. The van der Waals surface area contributed by atoms with Crippen LogP contribution in [-0.2, 0) is 0 Å². The summed E-state index contributed by atoms with van der Waals surface area (Å²) in [7, 11) is 0. The van der Waals surface area contributed by atoms with Crippen LogP contribution in [-0.4, -0.2) is 56.1 Å². The van der Waals surface area contributed by atoms with Crippen molar-refractivity contribution in [3.8, 4) is 11.6 Å². The van der Waals surface area contributed by atoms with E-state index in [9.17, 15) is 0 Å². The molecule has 0 saturated heterocycles. The molecule has 0 spiro atoms. The van der Waals surface area contributed by atoms with E-state index in [1.807, 2.05) is 119 Å². The van der Waals surface area contributed by atoms with E-state index in [-0.39, 0.29) is 26.7 Å². The minimum atomic E-state index is 0. The SMILES string of the molecule is C.C.CC(C)c1nnnn1-c1cccc(N)n1.CC(C)c1nnnn1-c1cccc(N=C(c2ccccc2)c2ccccc2)n1. The lowest BCUT2D eigenvalue weighted by molar-refractivity contribution is 0.697. The van der Waals surface area contributed by atoms with Crippen molar-refractivity contribution < 1.29 is 0 Å².